The summed E-state index contributed by atoms with van der Waals surface area (Å²) in [6, 6.07) is 23.5. The molecule has 0 aliphatic rings. The summed E-state index contributed by atoms with van der Waals surface area (Å²) in [5.41, 5.74) is 5.58. The lowest BCUT2D eigenvalue weighted by Gasteiger charge is -2.20. The van der Waals surface area contributed by atoms with Gasteiger partial charge in [-0.25, -0.2) is 9.97 Å². The van der Waals surface area contributed by atoms with E-state index in [1.54, 1.807) is 14.2 Å². The van der Waals surface area contributed by atoms with Crippen molar-refractivity contribution in [1.29, 1.82) is 0 Å². The molecule has 0 unspecified atom stereocenters. The minimum Gasteiger partial charge on any atom is -0.497 e. The number of pyridine rings is 2. The second kappa shape index (κ2) is 16.1. The molecule has 0 saturated heterocycles. The predicted octanol–water partition coefficient (Wildman–Crippen LogP) is 7.82. The fraction of sp³-hybridized carbons (Fsp3) is 0.316. The fourth-order valence-corrected chi connectivity index (χ4v) is 6.27. The Morgan fingerprint density at radius 3 is 1.43 bits per heavy atom. The number of nitrogens with one attached hydrogen (secondary N) is 2. The highest BCUT2D eigenvalue weighted by Gasteiger charge is 2.13. The molecular formula is C38H42Cl2N6O3. The van der Waals surface area contributed by atoms with E-state index < -0.39 is 0 Å². The van der Waals surface area contributed by atoms with E-state index in [0.29, 0.717) is 23.3 Å². The van der Waals surface area contributed by atoms with E-state index >= 15 is 0 Å². The zero-order chi connectivity index (χ0) is 34.3. The number of aromatic nitrogens is 2. The second-order valence-corrected chi connectivity index (χ2v) is 13.0. The molecule has 2 N–H and O–H groups in total. The summed E-state index contributed by atoms with van der Waals surface area (Å²) in [6.45, 7) is 6.25. The number of hydrogen-bond acceptors (Lipinski definition) is 9. The Balaban J connectivity index is 0.954. The van der Waals surface area contributed by atoms with Gasteiger partial charge >= 0.3 is 0 Å². The molecule has 11 heteroatoms. The van der Waals surface area contributed by atoms with Crippen LogP contribution in [0.1, 0.15) is 0 Å². The minimum atomic E-state index is 0.665. The van der Waals surface area contributed by atoms with Crippen LogP contribution < -0.4 is 20.1 Å². The van der Waals surface area contributed by atoms with E-state index in [-0.39, 0.29) is 0 Å². The predicted molar refractivity (Wildman–Crippen MR) is 204 cm³/mol. The summed E-state index contributed by atoms with van der Waals surface area (Å²) >= 11 is 12.6. The molecule has 0 spiro atoms. The van der Waals surface area contributed by atoms with Crippen LogP contribution in [-0.4, -0.2) is 101 Å². The van der Waals surface area contributed by atoms with Gasteiger partial charge in [-0.15, -0.1) is 0 Å². The molecule has 9 nitrogen and oxygen atoms in total. The Kier molecular flexibility index (Phi) is 11.4. The van der Waals surface area contributed by atoms with Crippen molar-refractivity contribution < 1.29 is 14.2 Å². The van der Waals surface area contributed by atoms with Gasteiger partial charge in [0.1, 0.15) is 11.5 Å². The van der Waals surface area contributed by atoms with E-state index in [9.17, 15) is 0 Å². The molecule has 0 aliphatic heterocycles. The fourth-order valence-electron chi connectivity index (χ4n) is 5.94. The van der Waals surface area contributed by atoms with Crippen LogP contribution in [0.3, 0.4) is 0 Å². The zero-order valence-corrected chi connectivity index (χ0v) is 29.9. The van der Waals surface area contributed by atoms with Gasteiger partial charge in [-0.05, 0) is 86.9 Å². The summed E-state index contributed by atoms with van der Waals surface area (Å²) in [5, 5.41) is 12.8. The summed E-state index contributed by atoms with van der Waals surface area (Å²) in [6.07, 6.45) is 0. The van der Waals surface area contributed by atoms with Crippen LogP contribution in [0.5, 0.6) is 11.5 Å². The van der Waals surface area contributed by atoms with Crippen LogP contribution in [-0.2, 0) is 4.74 Å². The average Bonchev–Trinajstić information content (AvgIpc) is 3.10. The Morgan fingerprint density at radius 2 is 1.00 bits per heavy atom. The number of methoxy groups -OCH3 is 2. The summed E-state index contributed by atoms with van der Waals surface area (Å²) in [5.74, 6) is 1.59. The van der Waals surface area contributed by atoms with Gasteiger partial charge in [0, 0.05) is 70.9 Å². The van der Waals surface area contributed by atoms with Crippen LogP contribution in [0.4, 0.5) is 11.4 Å². The van der Waals surface area contributed by atoms with Gasteiger partial charge in [0.2, 0.25) is 0 Å². The molecule has 0 saturated carbocycles. The van der Waals surface area contributed by atoms with Crippen molar-refractivity contribution >= 4 is 78.2 Å². The molecule has 0 bridgehead atoms. The van der Waals surface area contributed by atoms with Crippen molar-refractivity contribution in [3.8, 4) is 11.5 Å². The first-order valence-electron chi connectivity index (χ1n) is 16.4. The first kappa shape index (κ1) is 34.7. The smallest absolute Gasteiger partial charge is 0.119 e. The number of nitrogens with zero attached hydrogens (tertiary/aromatic N) is 4. The lowest BCUT2D eigenvalue weighted by Crippen LogP contribution is -2.31. The third-order valence-corrected chi connectivity index (χ3v) is 9.18. The molecule has 6 aromatic rings. The van der Waals surface area contributed by atoms with E-state index in [0.717, 1.165) is 106 Å². The molecule has 0 aliphatic carbocycles. The van der Waals surface area contributed by atoms with Gasteiger partial charge < -0.3 is 34.6 Å². The Bertz CT molecular complexity index is 1930. The van der Waals surface area contributed by atoms with Gasteiger partial charge in [-0.2, -0.15) is 0 Å². The SMILES string of the molecule is COc1ccc2nc3cc(Cl)ccc3c(NCCN(C)CCOCCN(C)CCNc3c4ccc(Cl)cc4nc4ccc(OC)cc34)c2c1. The van der Waals surface area contributed by atoms with Crippen molar-refractivity contribution in [3.63, 3.8) is 0 Å². The van der Waals surface area contributed by atoms with Crippen molar-refractivity contribution in [2.24, 2.45) is 0 Å². The number of benzene rings is 4. The number of fused-ring (bicyclic) bond motifs is 4. The number of halogens is 2. The zero-order valence-electron chi connectivity index (χ0n) is 28.4. The van der Waals surface area contributed by atoms with E-state index in [1.807, 2.05) is 72.8 Å². The van der Waals surface area contributed by atoms with Crippen molar-refractivity contribution in [3.05, 3.63) is 82.8 Å². The average molecular weight is 702 g/mol. The van der Waals surface area contributed by atoms with Crippen LogP contribution in [0, 0.1) is 0 Å². The molecule has 0 fully saturated rings. The van der Waals surface area contributed by atoms with Gasteiger partial charge in [-0.3, -0.25) is 0 Å². The largest absolute Gasteiger partial charge is 0.497 e. The highest BCUT2D eigenvalue weighted by molar-refractivity contribution is 6.32. The Labute approximate surface area is 297 Å². The standard InChI is InChI=1S/C38H42Cl2N6O3/c1-45(15-13-41-37-29-9-5-25(39)21-35(29)43-33-11-7-27(47-3)23-31(33)37)17-19-49-20-18-46(2)16-14-42-38-30-10-6-26(40)22-36(30)44-34-12-8-28(48-4)24-32(34)38/h5-12,21-24H,13-20H2,1-4H3,(H,41,43)(H,42,44). The maximum atomic E-state index is 6.28. The van der Waals surface area contributed by atoms with Gasteiger partial charge in [-0.1, -0.05) is 23.2 Å². The third kappa shape index (κ3) is 8.37. The Hall–Kier alpha value is -4.12. The molecule has 2 aromatic heterocycles. The highest BCUT2D eigenvalue weighted by atomic mass is 35.5. The van der Waals surface area contributed by atoms with Crippen LogP contribution in [0.2, 0.25) is 10.0 Å². The van der Waals surface area contributed by atoms with E-state index in [2.05, 4.69) is 34.5 Å². The van der Waals surface area contributed by atoms with E-state index in [4.69, 9.17) is 47.4 Å². The molecule has 256 valence electrons. The normalized spacial score (nSPS) is 11.8. The van der Waals surface area contributed by atoms with Crippen LogP contribution in [0.15, 0.2) is 72.8 Å². The van der Waals surface area contributed by atoms with Gasteiger partial charge in [0.25, 0.3) is 0 Å². The summed E-state index contributed by atoms with van der Waals surface area (Å²) in [4.78, 5) is 14.2. The minimum absolute atomic E-state index is 0.665. The maximum Gasteiger partial charge on any atom is 0.119 e. The number of ether oxygens (including phenoxy) is 3. The summed E-state index contributed by atoms with van der Waals surface area (Å²) < 4.78 is 17.0. The third-order valence-electron chi connectivity index (χ3n) is 8.71. The number of anilines is 2. The maximum absolute atomic E-state index is 6.28. The molecule has 0 radical (unpaired) electrons. The number of rotatable bonds is 16. The lowest BCUT2D eigenvalue weighted by atomic mass is 10.1. The molecule has 6 rings (SSSR count). The van der Waals surface area contributed by atoms with Crippen molar-refractivity contribution in [2.75, 3.05) is 91.4 Å². The first-order valence-corrected chi connectivity index (χ1v) is 17.1. The van der Waals surface area contributed by atoms with Gasteiger partial charge in [0.05, 0.1) is 60.9 Å². The second-order valence-electron chi connectivity index (χ2n) is 12.1. The van der Waals surface area contributed by atoms with Crippen LogP contribution in [0.25, 0.3) is 43.6 Å². The Morgan fingerprint density at radius 1 is 0.551 bits per heavy atom. The van der Waals surface area contributed by atoms with Crippen molar-refractivity contribution in [1.82, 2.24) is 19.8 Å². The highest BCUT2D eigenvalue weighted by Crippen LogP contribution is 2.35. The molecule has 2 heterocycles. The summed E-state index contributed by atoms with van der Waals surface area (Å²) in [7, 11) is 7.59. The number of likely N-dealkylation sites (N-methyl/N-ethyl adjacent to an activating group) is 2. The van der Waals surface area contributed by atoms with E-state index in [1.165, 1.54) is 0 Å². The topological polar surface area (TPSA) is 84.0 Å². The lowest BCUT2D eigenvalue weighted by molar-refractivity contribution is 0.0958. The first-order chi connectivity index (χ1) is 23.8. The quantitative estimate of drug-likeness (QED) is 0.0776. The molecule has 0 amide bonds. The van der Waals surface area contributed by atoms with Crippen LogP contribution >= 0.6 is 23.2 Å². The molecule has 4 aromatic carbocycles. The molecular weight excluding hydrogens is 659 g/mol. The monoisotopic (exact) mass is 700 g/mol. The van der Waals surface area contributed by atoms with Gasteiger partial charge in [0.15, 0.2) is 0 Å². The molecule has 49 heavy (non-hydrogen) atoms. The molecule has 0 atom stereocenters. The number of hydrogen-bond donors (Lipinski definition) is 2. The van der Waals surface area contributed by atoms with Crippen molar-refractivity contribution in [2.45, 2.75) is 0 Å².